The van der Waals surface area contributed by atoms with Gasteiger partial charge in [-0.25, -0.2) is 0 Å². The Bertz CT molecular complexity index is 1370. The molecule has 2 heterocycles. The summed E-state index contributed by atoms with van der Waals surface area (Å²) in [6.45, 7) is 2.09. The molecule has 3 N–H and O–H groups in total. The molecule has 5 rings (SSSR count). The van der Waals surface area contributed by atoms with Crippen molar-refractivity contribution in [1.82, 2.24) is 20.0 Å². The molecular formula is C24H23N5O4. The summed E-state index contributed by atoms with van der Waals surface area (Å²) in [5.74, 6) is 0.854. The Morgan fingerprint density at radius 1 is 1.18 bits per heavy atom. The van der Waals surface area contributed by atoms with Crippen LogP contribution in [0.25, 0.3) is 28.2 Å². The highest BCUT2D eigenvalue weighted by Gasteiger charge is 2.55. The third-order valence-electron chi connectivity index (χ3n) is 6.06. The second-order valence-corrected chi connectivity index (χ2v) is 8.23. The number of nitrogens with zero attached hydrogens (tertiary/aromatic N) is 3. The summed E-state index contributed by atoms with van der Waals surface area (Å²) in [5, 5.41) is 7.72. The number of carbonyl (C=O) groups excluding carboxylic acids is 2. The molecule has 0 bridgehead atoms. The molecule has 2 amide bonds. The van der Waals surface area contributed by atoms with Crippen LogP contribution in [0.1, 0.15) is 24.2 Å². The van der Waals surface area contributed by atoms with Crippen LogP contribution in [0.4, 0.5) is 0 Å². The van der Waals surface area contributed by atoms with Crippen molar-refractivity contribution in [2.24, 2.45) is 11.1 Å². The third-order valence-corrected chi connectivity index (χ3v) is 6.06. The quantitative estimate of drug-likeness (QED) is 0.422. The van der Waals surface area contributed by atoms with Crippen molar-refractivity contribution in [2.75, 3.05) is 7.11 Å². The summed E-state index contributed by atoms with van der Waals surface area (Å²) in [5.41, 5.74) is 7.87. The molecule has 2 aromatic carbocycles. The number of hydrogen-bond donors (Lipinski definition) is 2. The molecule has 4 aromatic rings. The predicted octanol–water partition coefficient (Wildman–Crippen LogP) is 2.88. The molecule has 0 spiro atoms. The van der Waals surface area contributed by atoms with Crippen LogP contribution in [-0.4, -0.2) is 33.6 Å². The number of ether oxygens (including phenoxy) is 1. The maximum Gasteiger partial charge on any atom is 0.274 e. The fourth-order valence-corrected chi connectivity index (χ4v) is 3.98. The molecule has 33 heavy (non-hydrogen) atoms. The zero-order valence-electron chi connectivity index (χ0n) is 18.3. The van der Waals surface area contributed by atoms with Gasteiger partial charge in [0.15, 0.2) is 5.82 Å². The Balaban J connectivity index is 1.46. The highest BCUT2D eigenvalue weighted by Crippen LogP contribution is 2.45. The Hall–Kier alpha value is -4.14. The summed E-state index contributed by atoms with van der Waals surface area (Å²) in [4.78, 5) is 28.3. The number of carbonyl (C=O) groups is 2. The first-order chi connectivity index (χ1) is 15.9. The van der Waals surface area contributed by atoms with Crippen molar-refractivity contribution in [1.29, 1.82) is 0 Å². The van der Waals surface area contributed by atoms with Crippen LogP contribution in [0.15, 0.2) is 53.1 Å². The van der Waals surface area contributed by atoms with Gasteiger partial charge in [0.1, 0.15) is 16.9 Å². The molecule has 1 aliphatic rings. The van der Waals surface area contributed by atoms with Crippen LogP contribution in [0.3, 0.4) is 0 Å². The van der Waals surface area contributed by atoms with Gasteiger partial charge in [-0.05, 0) is 61.7 Å². The average molecular weight is 445 g/mol. The molecule has 9 nitrogen and oxygen atoms in total. The predicted molar refractivity (Wildman–Crippen MR) is 121 cm³/mol. The average Bonchev–Trinajstić information content (AvgIpc) is 3.40. The SMILES string of the molecule is COc1ccc2c(c1)cc(-c1nc(C)no1)n2-c1ccc(CNC(=O)C2(C(N)=O)CC2)cc1. The lowest BCUT2D eigenvalue weighted by Crippen LogP contribution is -2.40. The molecular weight excluding hydrogens is 422 g/mol. The number of nitrogens with two attached hydrogens (primary N) is 1. The number of hydrogen-bond acceptors (Lipinski definition) is 6. The van der Waals surface area contributed by atoms with Crippen LogP contribution in [-0.2, 0) is 16.1 Å². The Morgan fingerprint density at radius 2 is 1.94 bits per heavy atom. The molecule has 0 atom stereocenters. The van der Waals surface area contributed by atoms with Gasteiger partial charge in [-0.15, -0.1) is 0 Å². The number of rotatable bonds is 7. The van der Waals surface area contributed by atoms with Gasteiger partial charge in [0.2, 0.25) is 11.8 Å². The first-order valence-corrected chi connectivity index (χ1v) is 10.6. The van der Waals surface area contributed by atoms with Gasteiger partial charge in [0.05, 0.1) is 12.6 Å². The molecule has 0 radical (unpaired) electrons. The minimum absolute atomic E-state index is 0.307. The lowest BCUT2D eigenvalue weighted by molar-refractivity contribution is -0.135. The van der Waals surface area contributed by atoms with Crippen LogP contribution < -0.4 is 15.8 Å². The van der Waals surface area contributed by atoms with E-state index in [1.165, 1.54) is 0 Å². The lowest BCUT2D eigenvalue weighted by Gasteiger charge is -2.13. The number of primary amides is 1. The van der Waals surface area contributed by atoms with E-state index in [4.69, 9.17) is 15.0 Å². The molecule has 1 fully saturated rings. The highest BCUT2D eigenvalue weighted by molar-refractivity contribution is 6.07. The van der Waals surface area contributed by atoms with Gasteiger partial charge in [0.25, 0.3) is 5.89 Å². The van der Waals surface area contributed by atoms with Crippen molar-refractivity contribution in [2.45, 2.75) is 26.3 Å². The first-order valence-electron chi connectivity index (χ1n) is 10.6. The minimum Gasteiger partial charge on any atom is -0.497 e. The third kappa shape index (κ3) is 3.61. The van der Waals surface area contributed by atoms with Crippen molar-refractivity contribution in [3.8, 4) is 23.0 Å². The number of amides is 2. The summed E-state index contributed by atoms with van der Waals surface area (Å²) in [6, 6.07) is 15.6. The number of benzene rings is 2. The van der Waals surface area contributed by atoms with E-state index in [0.29, 0.717) is 31.1 Å². The normalized spacial score (nSPS) is 14.2. The van der Waals surface area contributed by atoms with Gasteiger partial charge in [0, 0.05) is 17.6 Å². The fraction of sp³-hybridized carbons (Fsp3) is 0.250. The largest absolute Gasteiger partial charge is 0.497 e. The number of aromatic nitrogens is 3. The smallest absolute Gasteiger partial charge is 0.274 e. The maximum atomic E-state index is 12.3. The van der Waals surface area contributed by atoms with Gasteiger partial charge in [-0.1, -0.05) is 17.3 Å². The van der Waals surface area contributed by atoms with Crippen molar-refractivity contribution >= 4 is 22.7 Å². The monoisotopic (exact) mass is 445 g/mol. The minimum atomic E-state index is -1.03. The summed E-state index contributed by atoms with van der Waals surface area (Å²) >= 11 is 0. The molecule has 0 saturated heterocycles. The van der Waals surface area contributed by atoms with Crippen LogP contribution in [0.2, 0.25) is 0 Å². The number of aryl methyl sites for hydroxylation is 1. The fourth-order valence-electron chi connectivity index (χ4n) is 3.98. The molecule has 9 heteroatoms. The number of methoxy groups -OCH3 is 1. The molecule has 0 unspecified atom stereocenters. The van der Waals surface area contributed by atoms with Crippen molar-refractivity contribution in [3.05, 3.63) is 59.9 Å². The van der Waals surface area contributed by atoms with E-state index in [9.17, 15) is 9.59 Å². The zero-order valence-corrected chi connectivity index (χ0v) is 18.3. The van der Waals surface area contributed by atoms with Gasteiger partial charge >= 0.3 is 0 Å². The molecule has 168 valence electrons. The summed E-state index contributed by atoms with van der Waals surface area (Å²) in [7, 11) is 1.63. The standard InChI is InChI=1S/C24H23N5O4/c1-14-27-21(33-28-14)20-12-16-11-18(32-2)7-8-19(16)29(20)17-5-3-15(4-6-17)13-26-23(31)24(9-10-24)22(25)30/h3-8,11-12H,9-10,13H2,1-2H3,(H2,25,30)(H,26,31). The van der Waals surface area contributed by atoms with Crippen LogP contribution in [0, 0.1) is 12.3 Å². The van der Waals surface area contributed by atoms with E-state index in [1.54, 1.807) is 14.0 Å². The Morgan fingerprint density at radius 3 is 2.55 bits per heavy atom. The Labute approximate surface area is 189 Å². The van der Waals surface area contributed by atoms with Crippen LogP contribution >= 0.6 is 0 Å². The van der Waals surface area contributed by atoms with E-state index in [2.05, 4.69) is 15.5 Å². The number of fused-ring (bicyclic) bond motifs is 1. The second-order valence-electron chi connectivity index (χ2n) is 8.23. The summed E-state index contributed by atoms with van der Waals surface area (Å²) < 4.78 is 12.9. The maximum absolute atomic E-state index is 12.3. The van der Waals surface area contributed by atoms with E-state index in [1.807, 2.05) is 53.1 Å². The number of nitrogens with one attached hydrogen (secondary N) is 1. The topological polar surface area (TPSA) is 125 Å². The first kappa shape index (κ1) is 20.7. The van der Waals surface area contributed by atoms with E-state index in [0.717, 1.165) is 33.6 Å². The lowest BCUT2D eigenvalue weighted by atomic mass is 10.1. The van der Waals surface area contributed by atoms with Gasteiger partial charge in [-0.3, -0.25) is 9.59 Å². The molecule has 1 saturated carbocycles. The summed E-state index contributed by atoms with van der Waals surface area (Å²) in [6.07, 6.45) is 1.02. The highest BCUT2D eigenvalue weighted by atomic mass is 16.5. The van der Waals surface area contributed by atoms with Gasteiger partial charge in [-0.2, -0.15) is 4.98 Å². The molecule has 1 aliphatic carbocycles. The van der Waals surface area contributed by atoms with Crippen molar-refractivity contribution < 1.29 is 18.8 Å². The Kier molecular flexibility index (Phi) is 4.88. The van der Waals surface area contributed by atoms with Gasteiger partial charge < -0.3 is 24.9 Å². The molecule has 2 aromatic heterocycles. The van der Waals surface area contributed by atoms with E-state index >= 15 is 0 Å². The second kappa shape index (κ2) is 7.77. The zero-order chi connectivity index (χ0) is 23.2. The molecule has 0 aliphatic heterocycles. The van der Waals surface area contributed by atoms with Crippen LogP contribution in [0.5, 0.6) is 5.75 Å². The van der Waals surface area contributed by atoms with Crippen molar-refractivity contribution in [3.63, 3.8) is 0 Å². The van der Waals surface area contributed by atoms with E-state index < -0.39 is 11.3 Å². The van der Waals surface area contributed by atoms with E-state index in [-0.39, 0.29) is 5.91 Å².